The fraction of sp³-hybridized carbons (Fsp3) is 0.700. The van der Waals surface area contributed by atoms with E-state index in [0.717, 1.165) is 24.5 Å². The molecular formula is C10H15ClN2OS. The van der Waals surface area contributed by atoms with Crippen LogP contribution < -0.4 is 4.90 Å². The molecule has 3 nitrogen and oxygen atoms in total. The lowest BCUT2D eigenvalue weighted by molar-refractivity contribution is 0.262. The lowest BCUT2D eigenvalue weighted by atomic mass is 10.0. The highest BCUT2D eigenvalue weighted by atomic mass is 35.5. The summed E-state index contributed by atoms with van der Waals surface area (Å²) in [6.45, 7) is 1.29. The van der Waals surface area contributed by atoms with E-state index >= 15 is 0 Å². The molecule has 15 heavy (non-hydrogen) atoms. The number of rotatable bonds is 3. The zero-order chi connectivity index (χ0) is 10.7. The number of halogens is 1. The molecule has 84 valence electrons. The zero-order valence-electron chi connectivity index (χ0n) is 8.53. The van der Waals surface area contributed by atoms with Crippen LogP contribution in [0, 0.1) is 0 Å². The van der Waals surface area contributed by atoms with Crippen LogP contribution >= 0.6 is 22.9 Å². The van der Waals surface area contributed by atoms with Gasteiger partial charge >= 0.3 is 0 Å². The van der Waals surface area contributed by atoms with Gasteiger partial charge in [-0.05, 0) is 25.7 Å². The number of thiazole rings is 1. The SMILES string of the molecule is OCCC1CCCCN1c1nc(Cl)cs1. The van der Waals surface area contributed by atoms with E-state index in [0.29, 0.717) is 11.2 Å². The van der Waals surface area contributed by atoms with Gasteiger partial charge in [-0.15, -0.1) is 11.3 Å². The number of hydrogen-bond acceptors (Lipinski definition) is 4. The number of nitrogens with zero attached hydrogens (tertiary/aromatic N) is 2. The molecule has 2 heterocycles. The largest absolute Gasteiger partial charge is 0.396 e. The molecule has 1 aromatic rings. The Labute approximate surface area is 98.7 Å². The first kappa shape index (κ1) is 11.2. The normalized spacial score (nSPS) is 22.0. The van der Waals surface area contributed by atoms with Crippen molar-refractivity contribution in [3.63, 3.8) is 0 Å². The van der Waals surface area contributed by atoms with Crippen LogP contribution in [0.3, 0.4) is 0 Å². The Morgan fingerprint density at radius 1 is 1.60 bits per heavy atom. The van der Waals surface area contributed by atoms with Gasteiger partial charge in [-0.25, -0.2) is 4.98 Å². The van der Waals surface area contributed by atoms with Crippen molar-refractivity contribution in [1.29, 1.82) is 0 Å². The summed E-state index contributed by atoms with van der Waals surface area (Å²) in [6, 6.07) is 0.436. The third kappa shape index (κ3) is 2.62. The monoisotopic (exact) mass is 246 g/mol. The van der Waals surface area contributed by atoms with E-state index in [1.54, 1.807) is 11.3 Å². The molecule has 1 aliphatic rings. The highest BCUT2D eigenvalue weighted by Crippen LogP contribution is 2.30. The van der Waals surface area contributed by atoms with E-state index in [4.69, 9.17) is 16.7 Å². The minimum absolute atomic E-state index is 0.250. The third-order valence-electron chi connectivity index (χ3n) is 2.80. The zero-order valence-corrected chi connectivity index (χ0v) is 10.1. The van der Waals surface area contributed by atoms with E-state index in [1.165, 1.54) is 12.8 Å². The summed E-state index contributed by atoms with van der Waals surface area (Å²) in [5.74, 6) is 0. The van der Waals surface area contributed by atoms with E-state index < -0.39 is 0 Å². The molecular weight excluding hydrogens is 232 g/mol. The fourth-order valence-corrected chi connectivity index (χ4v) is 3.12. The Bertz CT molecular complexity index is 316. The van der Waals surface area contributed by atoms with Gasteiger partial charge in [0.1, 0.15) is 5.15 Å². The molecule has 1 aromatic heterocycles. The van der Waals surface area contributed by atoms with Crippen molar-refractivity contribution in [3.8, 4) is 0 Å². The Balaban J connectivity index is 2.10. The summed E-state index contributed by atoms with van der Waals surface area (Å²) in [4.78, 5) is 6.58. The fourth-order valence-electron chi connectivity index (χ4n) is 2.08. The number of piperidine rings is 1. The molecule has 0 aliphatic carbocycles. The summed E-state index contributed by atoms with van der Waals surface area (Å²) in [5, 5.41) is 12.5. The lowest BCUT2D eigenvalue weighted by Crippen LogP contribution is -2.40. The van der Waals surface area contributed by atoms with Crippen LogP contribution in [0.1, 0.15) is 25.7 Å². The first-order valence-electron chi connectivity index (χ1n) is 5.30. The first-order chi connectivity index (χ1) is 7.31. The van der Waals surface area contributed by atoms with Gasteiger partial charge in [-0.1, -0.05) is 11.6 Å². The summed E-state index contributed by atoms with van der Waals surface area (Å²) in [6.07, 6.45) is 4.44. The minimum atomic E-state index is 0.250. The van der Waals surface area contributed by atoms with Gasteiger partial charge in [0.2, 0.25) is 0 Å². The van der Waals surface area contributed by atoms with Crippen molar-refractivity contribution in [2.24, 2.45) is 0 Å². The Kier molecular flexibility index (Phi) is 3.83. The number of anilines is 1. The van der Waals surface area contributed by atoms with E-state index in [9.17, 15) is 0 Å². The molecule has 1 fully saturated rings. The van der Waals surface area contributed by atoms with Crippen molar-refractivity contribution in [1.82, 2.24) is 4.98 Å². The summed E-state index contributed by atoms with van der Waals surface area (Å²) >= 11 is 7.41. The average molecular weight is 247 g/mol. The van der Waals surface area contributed by atoms with Crippen molar-refractivity contribution >= 4 is 28.1 Å². The van der Waals surface area contributed by atoms with Crippen molar-refractivity contribution in [2.75, 3.05) is 18.1 Å². The smallest absolute Gasteiger partial charge is 0.186 e. The molecule has 5 heteroatoms. The Hall–Kier alpha value is -0.320. The highest BCUT2D eigenvalue weighted by Gasteiger charge is 2.24. The molecule has 2 rings (SSSR count). The minimum Gasteiger partial charge on any atom is -0.396 e. The van der Waals surface area contributed by atoms with E-state index in [1.807, 2.05) is 5.38 Å². The summed E-state index contributed by atoms with van der Waals surface area (Å²) in [5.41, 5.74) is 0. The van der Waals surface area contributed by atoms with Crippen molar-refractivity contribution < 1.29 is 5.11 Å². The Morgan fingerprint density at radius 2 is 2.47 bits per heavy atom. The highest BCUT2D eigenvalue weighted by molar-refractivity contribution is 7.14. The topological polar surface area (TPSA) is 36.4 Å². The van der Waals surface area contributed by atoms with Crippen LogP contribution in [0.4, 0.5) is 5.13 Å². The van der Waals surface area contributed by atoms with E-state index in [2.05, 4.69) is 9.88 Å². The van der Waals surface area contributed by atoms with Crippen LogP contribution in [0.2, 0.25) is 5.15 Å². The molecule has 0 spiro atoms. The maximum Gasteiger partial charge on any atom is 0.186 e. The number of hydrogen-bond donors (Lipinski definition) is 1. The molecule has 1 aliphatic heterocycles. The molecule has 0 saturated carbocycles. The van der Waals surface area contributed by atoms with Crippen molar-refractivity contribution in [2.45, 2.75) is 31.7 Å². The van der Waals surface area contributed by atoms with Crippen LogP contribution in [0.15, 0.2) is 5.38 Å². The van der Waals surface area contributed by atoms with Gasteiger partial charge in [-0.3, -0.25) is 0 Å². The lowest BCUT2D eigenvalue weighted by Gasteiger charge is -2.35. The van der Waals surface area contributed by atoms with Crippen LogP contribution in [-0.4, -0.2) is 29.3 Å². The molecule has 1 atom stereocenters. The molecule has 1 N–H and O–H groups in total. The molecule has 0 amide bonds. The van der Waals surface area contributed by atoms with Crippen LogP contribution in [-0.2, 0) is 0 Å². The Morgan fingerprint density at radius 3 is 3.13 bits per heavy atom. The second kappa shape index (κ2) is 5.14. The quantitative estimate of drug-likeness (QED) is 0.891. The molecule has 0 aromatic carbocycles. The third-order valence-corrected chi connectivity index (χ3v) is 4.00. The van der Waals surface area contributed by atoms with Gasteiger partial charge in [0.05, 0.1) is 0 Å². The van der Waals surface area contributed by atoms with E-state index in [-0.39, 0.29) is 6.61 Å². The number of aliphatic hydroxyl groups excluding tert-OH is 1. The van der Waals surface area contributed by atoms with Gasteiger partial charge in [-0.2, -0.15) is 0 Å². The van der Waals surface area contributed by atoms with Gasteiger partial charge in [0, 0.05) is 24.6 Å². The average Bonchev–Trinajstić information content (AvgIpc) is 2.66. The predicted octanol–water partition coefficient (Wildman–Crippen LogP) is 2.54. The predicted molar refractivity (Wildman–Crippen MR) is 63.8 cm³/mol. The standard InChI is InChI=1S/C10H15ClN2OS/c11-9-7-15-10(12-9)13-5-2-1-3-8(13)4-6-14/h7-8,14H,1-6H2. The second-order valence-corrected chi connectivity index (χ2v) is 5.03. The van der Waals surface area contributed by atoms with Gasteiger partial charge in [0.25, 0.3) is 0 Å². The number of aromatic nitrogens is 1. The number of aliphatic hydroxyl groups is 1. The first-order valence-corrected chi connectivity index (χ1v) is 6.55. The summed E-state index contributed by atoms with van der Waals surface area (Å²) in [7, 11) is 0. The maximum atomic E-state index is 9.02. The summed E-state index contributed by atoms with van der Waals surface area (Å²) < 4.78 is 0. The van der Waals surface area contributed by atoms with Gasteiger partial charge in [0.15, 0.2) is 5.13 Å². The van der Waals surface area contributed by atoms with Crippen molar-refractivity contribution in [3.05, 3.63) is 10.5 Å². The van der Waals surface area contributed by atoms with Gasteiger partial charge < -0.3 is 10.0 Å². The molecule has 0 bridgehead atoms. The molecule has 1 saturated heterocycles. The van der Waals surface area contributed by atoms with Crippen LogP contribution in [0.5, 0.6) is 0 Å². The maximum absolute atomic E-state index is 9.02. The van der Waals surface area contributed by atoms with Crippen LogP contribution in [0.25, 0.3) is 0 Å². The second-order valence-electron chi connectivity index (χ2n) is 3.81. The molecule has 1 unspecified atom stereocenters. The molecule has 0 radical (unpaired) electrons.